The molecule has 5 heteroatoms. The molecule has 1 atom stereocenters. The first-order valence-corrected chi connectivity index (χ1v) is 7.30. The van der Waals surface area contributed by atoms with E-state index in [4.69, 9.17) is 5.73 Å². The van der Waals surface area contributed by atoms with Crippen LogP contribution in [-0.4, -0.2) is 32.8 Å². The molecule has 0 aromatic rings. The Morgan fingerprint density at radius 1 is 1.27 bits per heavy atom. The van der Waals surface area contributed by atoms with Gasteiger partial charge >= 0.3 is 0 Å². The topological polar surface area (TPSA) is 77.2 Å². The molecular weight excluding hydrogens is 214 g/mol. The van der Waals surface area contributed by atoms with Gasteiger partial charge in [0.15, 0.2) is 0 Å². The number of hydrogen-bond donors (Lipinski definition) is 1. The van der Waals surface area contributed by atoms with E-state index >= 15 is 0 Å². The summed E-state index contributed by atoms with van der Waals surface area (Å²) in [5.74, 6) is 0.443. The molecule has 2 N–H and O–H groups in total. The predicted octanol–water partition coefficient (Wildman–Crippen LogP) is 0.755. The fourth-order valence-electron chi connectivity index (χ4n) is 1.26. The van der Waals surface area contributed by atoms with E-state index in [2.05, 4.69) is 6.92 Å². The Kier molecular flexibility index (Phi) is 6.76. The average Bonchev–Trinajstić information content (AvgIpc) is 2.11. The largest absolute Gasteiger partial charge is 0.330 e. The zero-order chi connectivity index (χ0) is 11.9. The van der Waals surface area contributed by atoms with Gasteiger partial charge in [-0.3, -0.25) is 4.79 Å². The molecule has 0 spiro atoms. The lowest BCUT2D eigenvalue weighted by molar-refractivity contribution is -0.119. The van der Waals surface area contributed by atoms with Gasteiger partial charge in [-0.2, -0.15) is 0 Å². The van der Waals surface area contributed by atoms with Crippen molar-refractivity contribution >= 4 is 15.6 Å². The third-order valence-corrected chi connectivity index (χ3v) is 3.27. The lowest BCUT2D eigenvalue weighted by atomic mass is 10.00. The maximum Gasteiger partial charge on any atom is 0.147 e. The smallest absolute Gasteiger partial charge is 0.147 e. The van der Waals surface area contributed by atoms with Gasteiger partial charge in [0.1, 0.15) is 15.6 Å². The first-order valence-electron chi connectivity index (χ1n) is 5.24. The number of hydrogen-bond acceptors (Lipinski definition) is 4. The zero-order valence-electron chi connectivity index (χ0n) is 9.53. The third-order valence-electron chi connectivity index (χ3n) is 2.33. The van der Waals surface area contributed by atoms with Crippen LogP contribution in [0.5, 0.6) is 0 Å². The average molecular weight is 235 g/mol. The van der Waals surface area contributed by atoms with E-state index in [0.29, 0.717) is 18.9 Å². The van der Waals surface area contributed by atoms with E-state index in [-0.39, 0.29) is 18.0 Å². The van der Waals surface area contributed by atoms with Gasteiger partial charge in [-0.25, -0.2) is 8.42 Å². The fraction of sp³-hybridized carbons (Fsp3) is 0.900. The van der Waals surface area contributed by atoms with Crippen molar-refractivity contribution in [3.8, 4) is 0 Å². The highest BCUT2D eigenvalue weighted by Gasteiger charge is 2.09. The SMILES string of the molecule is CC(CCN)CCC(=O)CCS(C)(=O)=O. The number of nitrogens with two attached hydrogens (primary N) is 1. The van der Waals surface area contributed by atoms with Gasteiger partial charge in [0.2, 0.25) is 0 Å². The summed E-state index contributed by atoms with van der Waals surface area (Å²) in [6, 6.07) is 0. The Balaban J connectivity index is 3.67. The summed E-state index contributed by atoms with van der Waals surface area (Å²) in [5, 5.41) is 0. The van der Waals surface area contributed by atoms with Crippen molar-refractivity contribution in [2.45, 2.75) is 32.6 Å². The number of sulfone groups is 1. The molecule has 4 nitrogen and oxygen atoms in total. The molecule has 0 saturated carbocycles. The van der Waals surface area contributed by atoms with Gasteiger partial charge in [0, 0.05) is 19.1 Å². The molecule has 0 radical (unpaired) electrons. The summed E-state index contributed by atoms with van der Waals surface area (Å²) in [6.45, 7) is 2.69. The first-order chi connectivity index (χ1) is 6.85. The van der Waals surface area contributed by atoms with E-state index in [1.165, 1.54) is 0 Å². The lowest BCUT2D eigenvalue weighted by Crippen LogP contribution is -2.11. The minimum atomic E-state index is -3.01. The summed E-state index contributed by atoms with van der Waals surface area (Å²) in [6.07, 6.45) is 3.49. The van der Waals surface area contributed by atoms with Crippen molar-refractivity contribution in [3.63, 3.8) is 0 Å². The van der Waals surface area contributed by atoms with Crippen LogP contribution in [0.4, 0.5) is 0 Å². The Morgan fingerprint density at radius 3 is 2.33 bits per heavy atom. The molecule has 0 aromatic heterocycles. The molecule has 0 amide bonds. The number of carbonyl (C=O) groups is 1. The second kappa shape index (κ2) is 6.95. The van der Waals surface area contributed by atoms with E-state index in [9.17, 15) is 13.2 Å². The van der Waals surface area contributed by atoms with Crippen LogP contribution in [0.2, 0.25) is 0 Å². The van der Waals surface area contributed by atoms with Gasteiger partial charge in [-0.15, -0.1) is 0 Å². The van der Waals surface area contributed by atoms with Crippen LogP contribution >= 0.6 is 0 Å². The van der Waals surface area contributed by atoms with Gasteiger partial charge < -0.3 is 5.73 Å². The monoisotopic (exact) mass is 235 g/mol. The normalized spacial score (nSPS) is 13.8. The summed E-state index contributed by atoms with van der Waals surface area (Å²) in [5.41, 5.74) is 5.39. The van der Waals surface area contributed by atoms with E-state index in [0.717, 1.165) is 19.1 Å². The molecule has 0 bridgehead atoms. The van der Waals surface area contributed by atoms with Crippen LogP contribution in [0.15, 0.2) is 0 Å². The first kappa shape index (κ1) is 14.6. The highest BCUT2D eigenvalue weighted by molar-refractivity contribution is 7.90. The molecule has 0 aliphatic heterocycles. The maximum atomic E-state index is 11.3. The number of rotatable bonds is 8. The van der Waals surface area contributed by atoms with Crippen LogP contribution in [0.3, 0.4) is 0 Å². The molecule has 90 valence electrons. The molecule has 15 heavy (non-hydrogen) atoms. The Labute approximate surface area is 92.2 Å². The molecule has 1 unspecified atom stereocenters. The van der Waals surface area contributed by atoms with Crippen LogP contribution < -0.4 is 5.73 Å². The van der Waals surface area contributed by atoms with E-state index < -0.39 is 9.84 Å². The number of carbonyl (C=O) groups excluding carboxylic acids is 1. The highest BCUT2D eigenvalue weighted by Crippen LogP contribution is 2.10. The maximum absolute atomic E-state index is 11.3. The Morgan fingerprint density at radius 2 is 1.87 bits per heavy atom. The predicted molar refractivity (Wildman–Crippen MR) is 61.4 cm³/mol. The molecule has 0 fully saturated rings. The summed E-state index contributed by atoms with van der Waals surface area (Å²) >= 11 is 0. The summed E-state index contributed by atoms with van der Waals surface area (Å²) in [4.78, 5) is 11.3. The number of ketones is 1. The standard InChI is InChI=1S/C10H21NO3S/c1-9(5-7-11)3-4-10(12)6-8-15(2,13)14/h9H,3-8,11H2,1-2H3. The van der Waals surface area contributed by atoms with Crippen LogP contribution in [0.1, 0.15) is 32.6 Å². The number of Topliss-reactive ketones (excluding diaryl/α,β-unsaturated/α-hetero) is 1. The molecule has 0 heterocycles. The Bertz CT molecular complexity index is 285. The van der Waals surface area contributed by atoms with Gasteiger partial charge in [0.25, 0.3) is 0 Å². The second-order valence-corrected chi connectivity index (χ2v) is 6.40. The Hall–Kier alpha value is -0.420. The van der Waals surface area contributed by atoms with Crippen molar-refractivity contribution in [1.29, 1.82) is 0 Å². The quantitative estimate of drug-likeness (QED) is 0.673. The van der Waals surface area contributed by atoms with Crippen molar-refractivity contribution in [3.05, 3.63) is 0 Å². The van der Waals surface area contributed by atoms with Crippen molar-refractivity contribution in [2.24, 2.45) is 11.7 Å². The van der Waals surface area contributed by atoms with Crippen LogP contribution in [-0.2, 0) is 14.6 Å². The van der Waals surface area contributed by atoms with Crippen molar-refractivity contribution < 1.29 is 13.2 Å². The van der Waals surface area contributed by atoms with Crippen molar-refractivity contribution in [2.75, 3.05) is 18.6 Å². The molecule has 0 aromatic carbocycles. The molecule has 0 aliphatic carbocycles. The van der Waals surface area contributed by atoms with Gasteiger partial charge in [-0.1, -0.05) is 6.92 Å². The van der Waals surface area contributed by atoms with E-state index in [1.54, 1.807) is 0 Å². The lowest BCUT2D eigenvalue weighted by Gasteiger charge is -2.08. The van der Waals surface area contributed by atoms with Crippen molar-refractivity contribution in [1.82, 2.24) is 0 Å². The fourth-order valence-corrected chi connectivity index (χ4v) is 1.86. The van der Waals surface area contributed by atoms with Gasteiger partial charge in [-0.05, 0) is 25.3 Å². The summed E-state index contributed by atoms with van der Waals surface area (Å²) in [7, 11) is -3.01. The molecule has 0 rings (SSSR count). The molecule has 0 saturated heterocycles. The van der Waals surface area contributed by atoms with E-state index in [1.807, 2.05) is 0 Å². The molecule has 0 aliphatic rings. The highest BCUT2D eigenvalue weighted by atomic mass is 32.2. The minimum Gasteiger partial charge on any atom is -0.330 e. The third kappa shape index (κ3) is 9.87. The molecular formula is C10H21NO3S. The second-order valence-electron chi connectivity index (χ2n) is 4.14. The van der Waals surface area contributed by atoms with Crippen LogP contribution in [0, 0.1) is 5.92 Å². The van der Waals surface area contributed by atoms with Crippen LogP contribution in [0.25, 0.3) is 0 Å². The zero-order valence-corrected chi connectivity index (χ0v) is 10.3. The van der Waals surface area contributed by atoms with Gasteiger partial charge in [0.05, 0.1) is 5.75 Å². The summed E-state index contributed by atoms with van der Waals surface area (Å²) < 4.78 is 21.6. The minimum absolute atomic E-state index is 0.0307.